The Balaban J connectivity index is 1.80. The summed E-state index contributed by atoms with van der Waals surface area (Å²) in [6.07, 6.45) is 0. The van der Waals surface area contributed by atoms with E-state index in [2.05, 4.69) is 29.9 Å². The summed E-state index contributed by atoms with van der Waals surface area (Å²) < 4.78 is 5.95. The summed E-state index contributed by atoms with van der Waals surface area (Å²) in [7, 11) is 0. The number of nitrogens with zero attached hydrogens (tertiary/aromatic N) is 3. The van der Waals surface area contributed by atoms with Crippen molar-refractivity contribution in [3.63, 3.8) is 0 Å². The highest BCUT2D eigenvalue weighted by atomic mass is 32.2. The van der Waals surface area contributed by atoms with Gasteiger partial charge in [-0.1, -0.05) is 55.4 Å². The van der Waals surface area contributed by atoms with E-state index >= 15 is 0 Å². The molecule has 0 saturated carbocycles. The van der Waals surface area contributed by atoms with Crippen molar-refractivity contribution in [1.82, 2.24) is 9.97 Å². The van der Waals surface area contributed by atoms with Crippen LogP contribution in [0.1, 0.15) is 42.1 Å². The van der Waals surface area contributed by atoms with E-state index in [4.69, 9.17) is 10.00 Å². The first-order valence-corrected chi connectivity index (χ1v) is 9.77. The average Bonchev–Trinajstić information content (AvgIpc) is 2.68. The van der Waals surface area contributed by atoms with Gasteiger partial charge in [-0.15, -0.1) is 0 Å². The van der Waals surface area contributed by atoms with Crippen molar-refractivity contribution in [2.75, 3.05) is 0 Å². The monoisotopic (exact) mass is 375 g/mol. The van der Waals surface area contributed by atoms with Crippen LogP contribution in [0.5, 0.6) is 11.6 Å². The molecule has 0 N–H and O–H groups in total. The van der Waals surface area contributed by atoms with E-state index < -0.39 is 0 Å². The topological polar surface area (TPSA) is 58.8 Å². The summed E-state index contributed by atoms with van der Waals surface area (Å²) in [5, 5.41) is 9.71. The molecule has 0 aliphatic heterocycles. The van der Waals surface area contributed by atoms with Crippen LogP contribution >= 0.6 is 11.8 Å². The molecule has 4 nitrogen and oxygen atoms in total. The quantitative estimate of drug-likeness (QED) is 0.399. The average molecular weight is 375 g/mol. The van der Waals surface area contributed by atoms with Gasteiger partial charge in [-0.3, -0.25) is 0 Å². The van der Waals surface area contributed by atoms with E-state index in [1.54, 1.807) is 6.07 Å². The van der Waals surface area contributed by atoms with Crippen molar-refractivity contribution in [1.29, 1.82) is 5.26 Å². The number of benzene rings is 2. The van der Waals surface area contributed by atoms with Gasteiger partial charge in [0.1, 0.15) is 5.75 Å². The Kier molecular flexibility index (Phi) is 6.10. The van der Waals surface area contributed by atoms with Crippen LogP contribution < -0.4 is 4.74 Å². The first-order valence-electron chi connectivity index (χ1n) is 8.79. The van der Waals surface area contributed by atoms with Crippen LogP contribution in [0, 0.1) is 18.3 Å². The minimum absolute atomic E-state index is 0.273. The van der Waals surface area contributed by atoms with Crippen molar-refractivity contribution in [2.24, 2.45) is 0 Å². The highest BCUT2D eigenvalue weighted by molar-refractivity contribution is 7.98. The lowest BCUT2D eigenvalue weighted by atomic mass is 10.1. The van der Waals surface area contributed by atoms with Crippen molar-refractivity contribution >= 4 is 11.8 Å². The normalized spacial score (nSPS) is 10.6. The second-order valence-electron chi connectivity index (χ2n) is 6.58. The third-order valence-electron chi connectivity index (χ3n) is 3.96. The zero-order valence-electron chi connectivity index (χ0n) is 15.6. The van der Waals surface area contributed by atoms with E-state index in [-0.39, 0.29) is 5.92 Å². The number of aromatic nitrogens is 2. The Morgan fingerprint density at radius 3 is 2.56 bits per heavy atom. The number of hydrogen-bond acceptors (Lipinski definition) is 5. The van der Waals surface area contributed by atoms with Gasteiger partial charge in [0, 0.05) is 11.8 Å². The van der Waals surface area contributed by atoms with Crippen LogP contribution in [0.4, 0.5) is 0 Å². The number of thioether (sulfide) groups is 1. The molecular formula is C22H21N3OS. The predicted molar refractivity (Wildman–Crippen MR) is 108 cm³/mol. The predicted octanol–water partition coefficient (Wildman–Crippen LogP) is 5.86. The zero-order chi connectivity index (χ0) is 19.2. The van der Waals surface area contributed by atoms with Gasteiger partial charge >= 0.3 is 0 Å². The molecule has 3 aromatic rings. The number of aryl methyl sites for hydroxylation is 1. The molecule has 0 aliphatic carbocycles. The van der Waals surface area contributed by atoms with Gasteiger partial charge in [-0.2, -0.15) is 10.2 Å². The van der Waals surface area contributed by atoms with Gasteiger partial charge in [0.2, 0.25) is 5.88 Å². The maximum absolute atomic E-state index is 9.04. The molecule has 2 aromatic carbocycles. The molecule has 0 aliphatic rings. The molecule has 0 bridgehead atoms. The van der Waals surface area contributed by atoms with Crippen LogP contribution in [0.25, 0.3) is 0 Å². The molecule has 0 fully saturated rings. The van der Waals surface area contributed by atoms with Gasteiger partial charge in [0.25, 0.3) is 0 Å². The Hall–Kier alpha value is -2.84. The lowest BCUT2D eigenvalue weighted by Gasteiger charge is -2.11. The molecule has 1 aromatic heterocycles. The van der Waals surface area contributed by atoms with Gasteiger partial charge in [-0.25, -0.2) is 4.98 Å². The molecule has 27 heavy (non-hydrogen) atoms. The van der Waals surface area contributed by atoms with E-state index in [1.165, 1.54) is 17.3 Å². The highest BCUT2D eigenvalue weighted by Gasteiger charge is 2.11. The molecule has 1 heterocycles. The van der Waals surface area contributed by atoms with Crippen LogP contribution in [0.3, 0.4) is 0 Å². The number of ether oxygens (including phenoxy) is 1. The van der Waals surface area contributed by atoms with E-state index in [0.717, 1.165) is 17.0 Å². The van der Waals surface area contributed by atoms with Crippen LogP contribution in [0.2, 0.25) is 0 Å². The minimum Gasteiger partial charge on any atom is -0.439 e. The van der Waals surface area contributed by atoms with Crippen molar-refractivity contribution < 1.29 is 4.74 Å². The molecule has 0 unspecified atom stereocenters. The van der Waals surface area contributed by atoms with Gasteiger partial charge in [-0.05, 0) is 42.7 Å². The molecule has 0 saturated heterocycles. The van der Waals surface area contributed by atoms with Crippen LogP contribution in [-0.4, -0.2) is 9.97 Å². The Bertz CT molecular complexity index is 962. The second-order valence-corrected chi connectivity index (χ2v) is 7.53. The number of hydrogen-bond donors (Lipinski definition) is 0. The summed E-state index contributed by atoms with van der Waals surface area (Å²) in [4.78, 5) is 9.21. The van der Waals surface area contributed by atoms with Gasteiger partial charge in [0.15, 0.2) is 5.16 Å². The van der Waals surface area contributed by atoms with Crippen LogP contribution in [-0.2, 0) is 5.75 Å². The SMILES string of the molecule is Cc1ccc(Oc2cc(C(C)C)nc(SCc3cccc(C#N)c3)n2)cc1. The van der Waals surface area contributed by atoms with Crippen molar-refractivity contribution in [3.8, 4) is 17.7 Å². The fourth-order valence-corrected chi connectivity index (χ4v) is 3.24. The first kappa shape index (κ1) is 18.9. The Labute approximate surface area is 164 Å². The molecule has 0 amide bonds. The maximum atomic E-state index is 9.04. The van der Waals surface area contributed by atoms with E-state index in [9.17, 15) is 0 Å². The zero-order valence-corrected chi connectivity index (χ0v) is 16.5. The lowest BCUT2D eigenvalue weighted by Crippen LogP contribution is -2.00. The molecule has 3 rings (SSSR count). The summed E-state index contributed by atoms with van der Waals surface area (Å²) in [6, 6.07) is 19.6. The summed E-state index contributed by atoms with van der Waals surface area (Å²) >= 11 is 1.54. The summed E-state index contributed by atoms with van der Waals surface area (Å²) in [6.45, 7) is 6.24. The highest BCUT2D eigenvalue weighted by Crippen LogP contribution is 2.27. The fourth-order valence-electron chi connectivity index (χ4n) is 2.44. The molecule has 0 spiro atoms. The summed E-state index contributed by atoms with van der Waals surface area (Å²) in [5.74, 6) is 2.27. The number of rotatable bonds is 6. The van der Waals surface area contributed by atoms with E-state index in [0.29, 0.717) is 22.4 Å². The molecule has 0 atom stereocenters. The third kappa shape index (κ3) is 5.32. The van der Waals surface area contributed by atoms with Crippen LogP contribution in [0.15, 0.2) is 59.8 Å². The molecule has 0 radical (unpaired) electrons. The lowest BCUT2D eigenvalue weighted by molar-refractivity contribution is 0.452. The molecular weight excluding hydrogens is 354 g/mol. The Morgan fingerprint density at radius 2 is 1.85 bits per heavy atom. The Morgan fingerprint density at radius 1 is 1.07 bits per heavy atom. The minimum atomic E-state index is 0.273. The fraction of sp³-hybridized carbons (Fsp3) is 0.227. The first-order chi connectivity index (χ1) is 13.0. The standard InChI is InChI=1S/C22H21N3OS/c1-15(2)20-12-21(26-19-9-7-16(3)8-10-19)25-22(24-20)27-14-18-6-4-5-17(11-18)13-23/h4-12,15H,14H2,1-3H3. The molecule has 136 valence electrons. The molecule has 5 heteroatoms. The largest absolute Gasteiger partial charge is 0.439 e. The van der Waals surface area contributed by atoms with Gasteiger partial charge < -0.3 is 4.74 Å². The van der Waals surface area contributed by atoms with E-state index in [1.807, 2.05) is 55.5 Å². The van der Waals surface area contributed by atoms with Gasteiger partial charge in [0.05, 0.1) is 17.3 Å². The maximum Gasteiger partial charge on any atom is 0.223 e. The number of nitriles is 1. The second kappa shape index (κ2) is 8.70. The third-order valence-corrected chi connectivity index (χ3v) is 4.88. The van der Waals surface area contributed by atoms with Crippen molar-refractivity contribution in [3.05, 3.63) is 77.0 Å². The smallest absolute Gasteiger partial charge is 0.223 e. The summed E-state index contributed by atoms with van der Waals surface area (Å²) in [5.41, 5.74) is 3.86. The van der Waals surface area contributed by atoms with Crippen molar-refractivity contribution in [2.45, 2.75) is 37.6 Å².